The number of nitrogens with zero attached hydrogens (tertiary/aromatic N) is 3. The standard InChI is InChI=1S/C12H24N4/c1-4-12(5-2)16(7-6-13)10-11-8-14-15(3)9-11/h8-9,12H,4-7,10,13H2,1-3H3. The van der Waals surface area contributed by atoms with Crippen molar-refractivity contribution >= 4 is 0 Å². The lowest BCUT2D eigenvalue weighted by Gasteiger charge is -2.29. The fourth-order valence-corrected chi connectivity index (χ4v) is 2.15. The van der Waals surface area contributed by atoms with Crippen molar-refractivity contribution in [1.29, 1.82) is 0 Å². The Labute approximate surface area is 98.4 Å². The predicted molar refractivity (Wildman–Crippen MR) is 67.0 cm³/mol. The van der Waals surface area contributed by atoms with Crippen molar-refractivity contribution < 1.29 is 0 Å². The summed E-state index contributed by atoms with van der Waals surface area (Å²) in [7, 11) is 1.95. The van der Waals surface area contributed by atoms with Crippen LogP contribution in [0.4, 0.5) is 0 Å². The van der Waals surface area contributed by atoms with Gasteiger partial charge in [0.2, 0.25) is 0 Å². The van der Waals surface area contributed by atoms with E-state index in [1.807, 2.05) is 17.9 Å². The lowest BCUT2D eigenvalue weighted by atomic mass is 10.1. The topological polar surface area (TPSA) is 47.1 Å². The van der Waals surface area contributed by atoms with E-state index in [2.05, 4.69) is 30.0 Å². The Morgan fingerprint density at radius 2 is 2.12 bits per heavy atom. The van der Waals surface area contributed by atoms with Gasteiger partial charge in [0.15, 0.2) is 0 Å². The highest BCUT2D eigenvalue weighted by atomic mass is 15.2. The van der Waals surface area contributed by atoms with Crippen LogP contribution in [0, 0.1) is 0 Å². The summed E-state index contributed by atoms with van der Waals surface area (Å²) in [6, 6.07) is 0.628. The summed E-state index contributed by atoms with van der Waals surface area (Å²) in [5.74, 6) is 0. The Balaban J connectivity index is 2.63. The molecule has 0 unspecified atom stereocenters. The normalized spacial score (nSPS) is 11.6. The smallest absolute Gasteiger partial charge is 0.0534 e. The Morgan fingerprint density at radius 3 is 2.56 bits per heavy atom. The summed E-state index contributed by atoms with van der Waals surface area (Å²) in [4.78, 5) is 2.46. The molecule has 0 atom stereocenters. The molecule has 1 rings (SSSR count). The average Bonchev–Trinajstić information content (AvgIpc) is 2.66. The number of aryl methyl sites for hydroxylation is 1. The molecule has 0 spiro atoms. The predicted octanol–water partition coefficient (Wildman–Crippen LogP) is 1.37. The van der Waals surface area contributed by atoms with E-state index in [4.69, 9.17) is 5.73 Å². The largest absolute Gasteiger partial charge is 0.329 e. The molecule has 16 heavy (non-hydrogen) atoms. The van der Waals surface area contributed by atoms with E-state index < -0.39 is 0 Å². The molecule has 2 N–H and O–H groups in total. The van der Waals surface area contributed by atoms with Crippen LogP contribution in [-0.4, -0.2) is 33.8 Å². The fourth-order valence-electron chi connectivity index (χ4n) is 2.15. The van der Waals surface area contributed by atoms with Crippen molar-refractivity contribution in [2.45, 2.75) is 39.3 Å². The SMILES string of the molecule is CCC(CC)N(CCN)Cc1cnn(C)c1. The highest BCUT2D eigenvalue weighted by Crippen LogP contribution is 2.12. The van der Waals surface area contributed by atoms with Crippen LogP contribution in [0.3, 0.4) is 0 Å². The zero-order chi connectivity index (χ0) is 12.0. The Hall–Kier alpha value is -0.870. The van der Waals surface area contributed by atoms with Crippen LogP contribution in [0.1, 0.15) is 32.3 Å². The van der Waals surface area contributed by atoms with Crippen LogP contribution in [0.2, 0.25) is 0 Å². The maximum Gasteiger partial charge on any atom is 0.0534 e. The summed E-state index contributed by atoms with van der Waals surface area (Å²) in [5, 5.41) is 4.20. The molecule has 1 aromatic rings. The minimum Gasteiger partial charge on any atom is -0.329 e. The van der Waals surface area contributed by atoms with E-state index in [1.54, 1.807) is 0 Å². The second-order valence-electron chi connectivity index (χ2n) is 4.25. The van der Waals surface area contributed by atoms with Gasteiger partial charge in [0.25, 0.3) is 0 Å². The molecule has 1 heterocycles. The quantitative estimate of drug-likeness (QED) is 0.761. The molecule has 92 valence electrons. The van der Waals surface area contributed by atoms with Crippen LogP contribution in [0.5, 0.6) is 0 Å². The number of hydrogen-bond donors (Lipinski definition) is 1. The van der Waals surface area contributed by atoms with Gasteiger partial charge in [-0.2, -0.15) is 5.10 Å². The molecule has 0 saturated heterocycles. The summed E-state index contributed by atoms with van der Waals surface area (Å²) in [5.41, 5.74) is 6.94. The van der Waals surface area contributed by atoms with Crippen LogP contribution in [0.15, 0.2) is 12.4 Å². The maximum atomic E-state index is 5.67. The highest BCUT2D eigenvalue weighted by molar-refractivity contribution is 5.03. The van der Waals surface area contributed by atoms with Gasteiger partial charge in [0.1, 0.15) is 0 Å². The average molecular weight is 224 g/mol. The molecule has 0 radical (unpaired) electrons. The van der Waals surface area contributed by atoms with Crippen molar-refractivity contribution in [2.24, 2.45) is 12.8 Å². The second-order valence-corrected chi connectivity index (χ2v) is 4.25. The Morgan fingerprint density at radius 1 is 1.44 bits per heavy atom. The number of rotatable bonds is 7. The van der Waals surface area contributed by atoms with Gasteiger partial charge in [-0.1, -0.05) is 13.8 Å². The van der Waals surface area contributed by atoms with Gasteiger partial charge in [-0.05, 0) is 12.8 Å². The monoisotopic (exact) mass is 224 g/mol. The van der Waals surface area contributed by atoms with E-state index >= 15 is 0 Å². The third-order valence-electron chi connectivity index (χ3n) is 3.02. The van der Waals surface area contributed by atoms with Gasteiger partial charge in [0, 0.05) is 44.5 Å². The molecular formula is C12H24N4. The molecule has 0 aliphatic rings. The molecule has 0 aliphatic heterocycles. The third kappa shape index (κ3) is 3.61. The molecule has 0 amide bonds. The van der Waals surface area contributed by atoms with E-state index in [9.17, 15) is 0 Å². The molecule has 0 aliphatic carbocycles. The van der Waals surface area contributed by atoms with E-state index in [0.717, 1.165) is 19.6 Å². The van der Waals surface area contributed by atoms with Gasteiger partial charge in [0.05, 0.1) is 6.20 Å². The van der Waals surface area contributed by atoms with Crippen molar-refractivity contribution in [3.63, 3.8) is 0 Å². The summed E-state index contributed by atoms with van der Waals surface area (Å²) < 4.78 is 1.85. The van der Waals surface area contributed by atoms with Crippen LogP contribution in [0.25, 0.3) is 0 Å². The molecular weight excluding hydrogens is 200 g/mol. The van der Waals surface area contributed by atoms with Crippen molar-refractivity contribution in [1.82, 2.24) is 14.7 Å². The van der Waals surface area contributed by atoms with Gasteiger partial charge in [-0.25, -0.2) is 0 Å². The molecule has 1 aromatic heterocycles. The van der Waals surface area contributed by atoms with Crippen molar-refractivity contribution in [3.05, 3.63) is 18.0 Å². The zero-order valence-corrected chi connectivity index (χ0v) is 10.7. The number of aromatic nitrogens is 2. The second kappa shape index (κ2) is 6.66. The minimum atomic E-state index is 0.628. The number of nitrogens with two attached hydrogens (primary N) is 1. The first-order chi connectivity index (χ1) is 7.71. The molecule has 0 aromatic carbocycles. The molecule has 0 saturated carbocycles. The van der Waals surface area contributed by atoms with Gasteiger partial charge < -0.3 is 5.73 Å². The first-order valence-electron chi connectivity index (χ1n) is 6.12. The van der Waals surface area contributed by atoms with Crippen LogP contribution >= 0.6 is 0 Å². The van der Waals surface area contributed by atoms with Crippen molar-refractivity contribution in [2.75, 3.05) is 13.1 Å². The lowest BCUT2D eigenvalue weighted by Crippen LogP contribution is -2.37. The lowest BCUT2D eigenvalue weighted by molar-refractivity contribution is 0.182. The molecule has 0 bridgehead atoms. The zero-order valence-electron chi connectivity index (χ0n) is 10.7. The fraction of sp³-hybridized carbons (Fsp3) is 0.750. The Kier molecular flexibility index (Phi) is 5.49. The van der Waals surface area contributed by atoms with E-state index in [1.165, 1.54) is 18.4 Å². The Bertz CT molecular complexity index is 291. The summed E-state index contributed by atoms with van der Waals surface area (Å²) in [6.07, 6.45) is 6.37. The first-order valence-corrected chi connectivity index (χ1v) is 6.12. The number of hydrogen-bond acceptors (Lipinski definition) is 3. The molecule has 4 heteroatoms. The highest BCUT2D eigenvalue weighted by Gasteiger charge is 2.14. The van der Waals surface area contributed by atoms with Gasteiger partial charge >= 0.3 is 0 Å². The van der Waals surface area contributed by atoms with Crippen molar-refractivity contribution in [3.8, 4) is 0 Å². The minimum absolute atomic E-state index is 0.628. The van der Waals surface area contributed by atoms with E-state index in [-0.39, 0.29) is 0 Å². The maximum absolute atomic E-state index is 5.67. The van der Waals surface area contributed by atoms with Gasteiger partial charge in [-0.3, -0.25) is 9.58 Å². The van der Waals surface area contributed by atoms with E-state index in [0.29, 0.717) is 6.04 Å². The van der Waals surface area contributed by atoms with Gasteiger partial charge in [-0.15, -0.1) is 0 Å². The summed E-state index contributed by atoms with van der Waals surface area (Å²) >= 11 is 0. The summed E-state index contributed by atoms with van der Waals surface area (Å²) in [6.45, 7) is 7.11. The molecule has 0 fully saturated rings. The molecule has 4 nitrogen and oxygen atoms in total. The third-order valence-corrected chi connectivity index (χ3v) is 3.02. The van der Waals surface area contributed by atoms with Crippen LogP contribution in [-0.2, 0) is 13.6 Å². The van der Waals surface area contributed by atoms with Crippen LogP contribution < -0.4 is 5.73 Å². The first kappa shape index (κ1) is 13.2.